The third-order valence-corrected chi connectivity index (χ3v) is 3.60. The van der Waals surface area contributed by atoms with Gasteiger partial charge in [0.05, 0.1) is 10.6 Å². The maximum atomic E-state index is 8.89. The molecule has 0 amide bonds. The Morgan fingerprint density at radius 3 is 2.74 bits per heavy atom. The fourth-order valence-corrected chi connectivity index (χ4v) is 2.42. The predicted molar refractivity (Wildman–Crippen MR) is 78.3 cm³/mol. The summed E-state index contributed by atoms with van der Waals surface area (Å²) < 4.78 is 0. The first-order valence-electron chi connectivity index (χ1n) is 6.27. The first-order chi connectivity index (χ1) is 9.13. The molecule has 0 saturated heterocycles. The van der Waals surface area contributed by atoms with Gasteiger partial charge in [-0.05, 0) is 19.1 Å². The number of hydrogen-bond acceptors (Lipinski definition) is 5. The van der Waals surface area contributed by atoms with Crippen molar-refractivity contribution in [1.29, 1.82) is 5.26 Å². The summed E-state index contributed by atoms with van der Waals surface area (Å²) in [7, 11) is 0. The Morgan fingerprint density at radius 1 is 1.37 bits per heavy atom. The van der Waals surface area contributed by atoms with Gasteiger partial charge < -0.3 is 5.32 Å². The monoisotopic (exact) mass is 272 g/mol. The number of nitrogens with zero attached hydrogens (tertiary/aromatic N) is 3. The molecule has 0 radical (unpaired) electrons. The number of thiophene rings is 1. The number of nitriles is 1. The number of hydrogen-bond donors (Lipinski definition) is 1. The Kier molecular flexibility index (Phi) is 4.13. The Hall–Kier alpha value is -1.93. The van der Waals surface area contributed by atoms with E-state index in [1.807, 2.05) is 25.1 Å². The average Bonchev–Trinajstić information content (AvgIpc) is 2.87. The van der Waals surface area contributed by atoms with Crippen molar-refractivity contribution in [2.24, 2.45) is 0 Å². The first-order valence-corrected chi connectivity index (χ1v) is 7.08. The number of rotatable bonds is 4. The molecule has 1 N–H and O–H groups in total. The van der Waals surface area contributed by atoms with Crippen LogP contribution in [0.15, 0.2) is 18.2 Å². The molecular formula is C14H16N4S. The van der Waals surface area contributed by atoms with Crippen LogP contribution in [0.2, 0.25) is 0 Å². The normalized spacial score (nSPS) is 10.5. The van der Waals surface area contributed by atoms with Crippen molar-refractivity contribution < 1.29 is 0 Å². The zero-order valence-electron chi connectivity index (χ0n) is 11.3. The van der Waals surface area contributed by atoms with E-state index >= 15 is 0 Å². The van der Waals surface area contributed by atoms with Gasteiger partial charge >= 0.3 is 0 Å². The molecule has 2 heterocycles. The Morgan fingerprint density at radius 2 is 2.16 bits per heavy atom. The molecule has 2 aromatic rings. The van der Waals surface area contributed by atoms with E-state index in [-0.39, 0.29) is 5.92 Å². The van der Waals surface area contributed by atoms with E-state index in [4.69, 9.17) is 5.26 Å². The minimum atomic E-state index is 0.271. The van der Waals surface area contributed by atoms with Crippen molar-refractivity contribution in [3.05, 3.63) is 28.9 Å². The lowest BCUT2D eigenvalue weighted by atomic mass is 10.2. The molecule has 0 unspecified atom stereocenters. The quantitative estimate of drug-likeness (QED) is 0.923. The van der Waals surface area contributed by atoms with Gasteiger partial charge in [-0.2, -0.15) is 5.26 Å². The standard InChI is InChI=1S/C14H16N4S/c1-4-16-13-7-11(17-14(18-13)9(2)3)12-6-5-10(8-15)19-12/h5-7,9H,4H2,1-3H3,(H,16,17,18). The lowest BCUT2D eigenvalue weighted by Gasteiger charge is -2.10. The summed E-state index contributed by atoms with van der Waals surface area (Å²) in [5.74, 6) is 1.93. The molecule has 0 bridgehead atoms. The molecule has 0 saturated carbocycles. The molecule has 0 aliphatic carbocycles. The largest absolute Gasteiger partial charge is 0.370 e. The van der Waals surface area contributed by atoms with Crippen molar-refractivity contribution in [2.45, 2.75) is 26.7 Å². The van der Waals surface area contributed by atoms with Crippen molar-refractivity contribution in [2.75, 3.05) is 11.9 Å². The van der Waals surface area contributed by atoms with E-state index in [0.29, 0.717) is 4.88 Å². The summed E-state index contributed by atoms with van der Waals surface area (Å²) in [5, 5.41) is 12.1. The van der Waals surface area contributed by atoms with Crippen LogP contribution in [0.3, 0.4) is 0 Å². The van der Waals surface area contributed by atoms with Crippen LogP contribution in [-0.2, 0) is 0 Å². The minimum absolute atomic E-state index is 0.271. The molecule has 19 heavy (non-hydrogen) atoms. The lowest BCUT2D eigenvalue weighted by Crippen LogP contribution is -2.05. The van der Waals surface area contributed by atoms with Crippen LogP contribution in [0.25, 0.3) is 10.6 Å². The van der Waals surface area contributed by atoms with Gasteiger partial charge in [-0.15, -0.1) is 11.3 Å². The van der Waals surface area contributed by atoms with Crippen LogP contribution in [0.4, 0.5) is 5.82 Å². The summed E-state index contributed by atoms with van der Waals surface area (Å²) in [5.41, 5.74) is 0.876. The van der Waals surface area contributed by atoms with Gasteiger partial charge in [0.15, 0.2) is 0 Å². The van der Waals surface area contributed by atoms with E-state index < -0.39 is 0 Å². The summed E-state index contributed by atoms with van der Waals surface area (Å²) in [4.78, 5) is 10.8. The van der Waals surface area contributed by atoms with Crippen molar-refractivity contribution in [1.82, 2.24) is 9.97 Å². The number of aromatic nitrogens is 2. The van der Waals surface area contributed by atoms with E-state index in [9.17, 15) is 0 Å². The van der Waals surface area contributed by atoms with Crippen LogP contribution < -0.4 is 5.32 Å². The average molecular weight is 272 g/mol. The van der Waals surface area contributed by atoms with Crippen LogP contribution in [0.5, 0.6) is 0 Å². The smallest absolute Gasteiger partial charge is 0.133 e. The third kappa shape index (κ3) is 3.09. The molecular weight excluding hydrogens is 256 g/mol. The molecule has 0 aliphatic heterocycles. The van der Waals surface area contributed by atoms with Gasteiger partial charge in [-0.3, -0.25) is 0 Å². The van der Waals surface area contributed by atoms with Gasteiger partial charge in [0.2, 0.25) is 0 Å². The third-order valence-electron chi connectivity index (χ3n) is 2.59. The van der Waals surface area contributed by atoms with Crippen molar-refractivity contribution >= 4 is 17.2 Å². The highest BCUT2D eigenvalue weighted by atomic mass is 32.1. The summed E-state index contributed by atoms with van der Waals surface area (Å²) in [6, 6.07) is 7.85. The maximum Gasteiger partial charge on any atom is 0.133 e. The van der Waals surface area contributed by atoms with Crippen molar-refractivity contribution in [3.8, 4) is 16.6 Å². The summed E-state index contributed by atoms with van der Waals surface area (Å²) >= 11 is 1.45. The van der Waals surface area contributed by atoms with Gasteiger partial charge in [-0.25, -0.2) is 9.97 Å². The Labute approximate surface area is 117 Å². The predicted octanol–water partition coefficient (Wildman–Crippen LogP) is 3.63. The van der Waals surface area contributed by atoms with Crippen LogP contribution in [0.1, 0.15) is 37.4 Å². The fraction of sp³-hybridized carbons (Fsp3) is 0.357. The second-order valence-electron chi connectivity index (χ2n) is 4.46. The van der Waals surface area contributed by atoms with Crippen LogP contribution in [0, 0.1) is 11.3 Å². The van der Waals surface area contributed by atoms with Gasteiger partial charge in [0.25, 0.3) is 0 Å². The Bertz CT molecular complexity index is 610. The van der Waals surface area contributed by atoms with E-state index in [0.717, 1.165) is 28.8 Å². The van der Waals surface area contributed by atoms with Gasteiger partial charge in [-0.1, -0.05) is 13.8 Å². The highest BCUT2D eigenvalue weighted by Crippen LogP contribution is 2.28. The topological polar surface area (TPSA) is 61.6 Å². The highest BCUT2D eigenvalue weighted by molar-refractivity contribution is 7.15. The molecule has 4 nitrogen and oxygen atoms in total. The van der Waals surface area contributed by atoms with Gasteiger partial charge in [0, 0.05) is 18.5 Å². The SMILES string of the molecule is CCNc1cc(-c2ccc(C#N)s2)nc(C(C)C)n1. The highest BCUT2D eigenvalue weighted by Gasteiger charge is 2.11. The van der Waals surface area contributed by atoms with Crippen LogP contribution >= 0.6 is 11.3 Å². The molecule has 0 aliphatic rings. The molecule has 98 valence electrons. The summed E-state index contributed by atoms with van der Waals surface area (Å²) in [6.07, 6.45) is 0. The second-order valence-corrected chi connectivity index (χ2v) is 5.54. The van der Waals surface area contributed by atoms with E-state index in [2.05, 4.69) is 35.2 Å². The molecule has 0 spiro atoms. The summed E-state index contributed by atoms with van der Waals surface area (Å²) in [6.45, 7) is 7.01. The first kappa shape index (κ1) is 13.5. The molecule has 2 rings (SSSR count). The minimum Gasteiger partial charge on any atom is -0.370 e. The maximum absolute atomic E-state index is 8.89. The molecule has 0 atom stereocenters. The molecule has 0 fully saturated rings. The Balaban J connectivity index is 2.46. The molecule has 0 aromatic carbocycles. The fourth-order valence-electron chi connectivity index (χ4n) is 1.66. The van der Waals surface area contributed by atoms with E-state index in [1.165, 1.54) is 11.3 Å². The molecule has 5 heteroatoms. The number of nitrogens with one attached hydrogen (secondary N) is 1. The zero-order chi connectivity index (χ0) is 13.8. The van der Waals surface area contributed by atoms with Crippen molar-refractivity contribution in [3.63, 3.8) is 0 Å². The lowest BCUT2D eigenvalue weighted by molar-refractivity contribution is 0.777. The molecule has 2 aromatic heterocycles. The number of anilines is 1. The second kappa shape index (κ2) is 5.81. The van der Waals surface area contributed by atoms with Crippen LogP contribution in [-0.4, -0.2) is 16.5 Å². The van der Waals surface area contributed by atoms with Gasteiger partial charge in [0.1, 0.15) is 22.6 Å². The zero-order valence-corrected chi connectivity index (χ0v) is 12.1. The van der Waals surface area contributed by atoms with E-state index in [1.54, 1.807) is 0 Å².